The van der Waals surface area contributed by atoms with Gasteiger partial charge >= 0.3 is 0 Å². The van der Waals surface area contributed by atoms with Crippen molar-refractivity contribution in [3.63, 3.8) is 0 Å². The van der Waals surface area contributed by atoms with Crippen molar-refractivity contribution in [1.29, 1.82) is 0 Å². The zero-order chi connectivity index (χ0) is 19.4. The van der Waals surface area contributed by atoms with Crippen LogP contribution in [0.4, 0.5) is 5.69 Å². The van der Waals surface area contributed by atoms with Gasteiger partial charge in [0.25, 0.3) is 10.0 Å². The molecule has 0 atom stereocenters. The van der Waals surface area contributed by atoms with E-state index >= 15 is 0 Å². The van der Waals surface area contributed by atoms with Crippen LogP contribution in [0.15, 0.2) is 58.3 Å². The molecule has 1 N–H and O–H groups in total. The van der Waals surface area contributed by atoms with Crippen molar-refractivity contribution >= 4 is 25.7 Å². The number of hydrogen-bond acceptors (Lipinski definition) is 5. The molecule has 0 saturated carbocycles. The number of benzene rings is 2. The fourth-order valence-corrected chi connectivity index (χ4v) is 4.91. The Hall–Kier alpha value is -2.10. The van der Waals surface area contributed by atoms with Gasteiger partial charge in [0.2, 0.25) is 10.0 Å². The Morgan fingerprint density at radius 2 is 1.50 bits per heavy atom. The topological polar surface area (TPSA) is 92.8 Å². The summed E-state index contributed by atoms with van der Waals surface area (Å²) in [6.45, 7) is 4.18. The second-order valence-electron chi connectivity index (χ2n) is 5.40. The van der Waals surface area contributed by atoms with E-state index in [4.69, 9.17) is 4.74 Å². The summed E-state index contributed by atoms with van der Waals surface area (Å²) in [5.41, 5.74) is 0.351. The van der Waals surface area contributed by atoms with Gasteiger partial charge in [0.15, 0.2) is 0 Å². The van der Waals surface area contributed by atoms with E-state index in [0.717, 1.165) is 0 Å². The molecule has 0 aliphatic carbocycles. The first kappa shape index (κ1) is 20.2. The standard InChI is InChI=1S/C17H22N2O5S2/c1-4-19(5-2)26(22,23)17-11-9-16(10-12-17)25(20,21)18-14-7-6-8-15(13-14)24-3/h6-13,18H,4-5H2,1-3H3. The molecule has 0 aliphatic heterocycles. The third kappa shape index (κ3) is 4.35. The molecule has 0 aromatic heterocycles. The predicted molar refractivity (Wildman–Crippen MR) is 100 cm³/mol. The van der Waals surface area contributed by atoms with Gasteiger partial charge in [-0.15, -0.1) is 0 Å². The number of nitrogens with zero attached hydrogens (tertiary/aromatic N) is 1. The minimum absolute atomic E-state index is 0.0289. The molecule has 2 aromatic carbocycles. The number of ether oxygens (including phenoxy) is 1. The molecule has 0 aliphatic rings. The summed E-state index contributed by atoms with van der Waals surface area (Å²) in [6.07, 6.45) is 0. The van der Waals surface area contributed by atoms with E-state index in [-0.39, 0.29) is 9.79 Å². The Labute approximate surface area is 154 Å². The Bertz CT molecular complexity index is 951. The maximum absolute atomic E-state index is 12.5. The molecule has 0 fully saturated rings. The van der Waals surface area contributed by atoms with Crippen LogP contribution in [-0.4, -0.2) is 41.3 Å². The quantitative estimate of drug-likeness (QED) is 0.738. The first-order valence-corrected chi connectivity index (χ1v) is 10.9. The lowest BCUT2D eigenvalue weighted by Crippen LogP contribution is -2.30. The van der Waals surface area contributed by atoms with Crippen LogP contribution in [0.25, 0.3) is 0 Å². The van der Waals surface area contributed by atoms with E-state index in [1.165, 1.54) is 35.7 Å². The maximum Gasteiger partial charge on any atom is 0.261 e. The molecule has 2 aromatic rings. The van der Waals surface area contributed by atoms with E-state index in [0.29, 0.717) is 24.5 Å². The van der Waals surface area contributed by atoms with E-state index in [9.17, 15) is 16.8 Å². The molecule has 7 nitrogen and oxygen atoms in total. The van der Waals surface area contributed by atoms with Crippen molar-refractivity contribution in [3.05, 3.63) is 48.5 Å². The average Bonchev–Trinajstić information content (AvgIpc) is 2.62. The third-order valence-electron chi connectivity index (χ3n) is 3.80. The van der Waals surface area contributed by atoms with Crippen LogP contribution in [0.1, 0.15) is 13.8 Å². The Balaban J connectivity index is 2.29. The van der Waals surface area contributed by atoms with Gasteiger partial charge in [0.05, 0.1) is 22.6 Å². The van der Waals surface area contributed by atoms with Crippen LogP contribution in [0.3, 0.4) is 0 Å². The highest BCUT2D eigenvalue weighted by Gasteiger charge is 2.22. The Kier molecular flexibility index (Phi) is 6.27. The fraction of sp³-hybridized carbons (Fsp3) is 0.294. The fourth-order valence-electron chi connectivity index (χ4n) is 2.40. The highest BCUT2D eigenvalue weighted by molar-refractivity contribution is 7.92. The molecule has 2 rings (SSSR count). The molecule has 0 heterocycles. The van der Waals surface area contributed by atoms with E-state index in [1.807, 2.05) is 0 Å². The Morgan fingerprint density at radius 3 is 2.04 bits per heavy atom. The first-order chi connectivity index (χ1) is 12.2. The van der Waals surface area contributed by atoms with Gasteiger partial charge in [-0.05, 0) is 36.4 Å². The second kappa shape index (κ2) is 8.07. The van der Waals surface area contributed by atoms with Crippen molar-refractivity contribution in [2.24, 2.45) is 0 Å². The predicted octanol–water partition coefficient (Wildman–Crippen LogP) is 2.53. The monoisotopic (exact) mass is 398 g/mol. The summed E-state index contributed by atoms with van der Waals surface area (Å²) >= 11 is 0. The highest BCUT2D eigenvalue weighted by Crippen LogP contribution is 2.22. The van der Waals surface area contributed by atoms with Crippen molar-refractivity contribution in [2.75, 3.05) is 24.9 Å². The number of rotatable bonds is 8. The SMILES string of the molecule is CCN(CC)S(=O)(=O)c1ccc(S(=O)(=O)Nc2cccc(OC)c2)cc1. The van der Waals surface area contributed by atoms with Crippen LogP contribution in [0.5, 0.6) is 5.75 Å². The average molecular weight is 399 g/mol. The van der Waals surface area contributed by atoms with Crippen LogP contribution < -0.4 is 9.46 Å². The van der Waals surface area contributed by atoms with E-state index in [2.05, 4.69) is 4.72 Å². The minimum atomic E-state index is -3.85. The zero-order valence-electron chi connectivity index (χ0n) is 14.8. The van der Waals surface area contributed by atoms with Crippen LogP contribution >= 0.6 is 0 Å². The van der Waals surface area contributed by atoms with Gasteiger partial charge in [0, 0.05) is 19.2 Å². The maximum atomic E-state index is 12.5. The van der Waals surface area contributed by atoms with Crippen molar-refractivity contribution in [2.45, 2.75) is 23.6 Å². The van der Waals surface area contributed by atoms with Gasteiger partial charge in [0.1, 0.15) is 5.75 Å². The van der Waals surface area contributed by atoms with Crippen LogP contribution in [0, 0.1) is 0 Å². The number of sulfonamides is 2. The molecule has 0 amide bonds. The molecule has 0 radical (unpaired) electrons. The van der Waals surface area contributed by atoms with Gasteiger partial charge in [-0.25, -0.2) is 16.8 Å². The lowest BCUT2D eigenvalue weighted by Gasteiger charge is -2.18. The van der Waals surface area contributed by atoms with Gasteiger partial charge in [-0.2, -0.15) is 4.31 Å². The normalized spacial score (nSPS) is 12.2. The van der Waals surface area contributed by atoms with E-state index in [1.54, 1.807) is 38.1 Å². The van der Waals surface area contributed by atoms with Gasteiger partial charge < -0.3 is 4.74 Å². The van der Waals surface area contributed by atoms with E-state index < -0.39 is 20.0 Å². The van der Waals surface area contributed by atoms with Crippen molar-refractivity contribution in [3.8, 4) is 5.75 Å². The molecule has 0 spiro atoms. The number of hydrogen-bond donors (Lipinski definition) is 1. The zero-order valence-corrected chi connectivity index (χ0v) is 16.5. The number of anilines is 1. The number of methoxy groups -OCH3 is 1. The molecular formula is C17H22N2O5S2. The van der Waals surface area contributed by atoms with Crippen molar-refractivity contribution in [1.82, 2.24) is 4.31 Å². The molecule has 0 bridgehead atoms. The summed E-state index contributed by atoms with van der Waals surface area (Å²) in [5, 5.41) is 0. The molecular weight excluding hydrogens is 376 g/mol. The summed E-state index contributed by atoms with van der Waals surface area (Å²) in [5.74, 6) is 0.519. The molecule has 0 saturated heterocycles. The van der Waals surface area contributed by atoms with Gasteiger partial charge in [-0.1, -0.05) is 19.9 Å². The van der Waals surface area contributed by atoms with Crippen LogP contribution in [-0.2, 0) is 20.0 Å². The summed E-state index contributed by atoms with van der Waals surface area (Å²) in [4.78, 5) is 0.0281. The minimum Gasteiger partial charge on any atom is -0.497 e. The smallest absolute Gasteiger partial charge is 0.261 e. The second-order valence-corrected chi connectivity index (χ2v) is 9.02. The molecule has 142 valence electrons. The lowest BCUT2D eigenvalue weighted by atomic mass is 10.3. The lowest BCUT2D eigenvalue weighted by molar-refractivity contribution is 0.415. The largest absolute Gasteiger partial charge is 0.497 e. The summed E-state index contributed by atoms with van der Waals surface area (Å²) in [6, 6.07) is 11.7. The molecule has 9 heteroatoms. The first-order valence-electron chi connectivity index (χ1n) is 8.01. The number of nitrogens with one attached hydrogen (secondary N) is 1. The van der Waals surface area contributed by atoms with Crippen molar-refractivity contribution < 1.29 is 21.6 Å². The molecule has 0 unspecified atom stereocenters. The highest BCUT2D eigenvalue weighted by atomic mass is 32.2. The van der Waals surface area contributed by atoms with Gasteiger partial charge in [-0.3, -0.25) is 4.72 Å². The summed E-state index contributed by atoms with van der Waals surface area (Å²) < 4.78 is 58.7. The molecule has 26 heavy (non-hydrogen) atoms. The summed E-state index contributed by atoms with van der Waals surface area (Å²) in [7, 11) is -5.99. The Morgan fingerprint density at radius 1 is 0.923 bits per heavy atom. The third-order valence-corrected chi connectivity index (χ3v) is 7.26. The van der Waals surface area contributed by atoms with Crippen LogP contribution in [0.2, 0.25) is 0 Å².